The Hall–Kier alpha value is -0.0800. The number of hydrogen-bond acceptors (Lipinski definition) is 2. The highest BCUT2D eigenvalue weighted by molar-refractivity contribution is 4.85. The zero-order chi connectivity index (χ0) is 11.1. The van der Waals surface area contributed by atoms with Gasteiger partial charge in [0, 0.05) is 6.54 Å². The van der Waals surface area contributed by atoms with E-state index in [2.05, 4.69) is 13.8 Å². The summed E-state index contributed by atoms with van der Waals surface area (Å²) < 4.78 is 6.14. The van der Waals surface area contributed by atoms with Crippen LogP contribution in [0.25, 0.3) is 0 Å². The molecule has 0 amide bonds. The first-order valence-corrected chi connectivity index (χ1v) is 6.60. The van der Waals surface area contributed by atoms with Gasteiger partial charge in [0.05, 0.1) is 12.2 Å². The van der Waals surface area contributed by atoms with Crippen molar-refractivity contribution in [2.75, 3.05) is 13.2 Å². The summed E-state index contributed by atoms with van der Waals surface area (Å²) in [4.78, 5) is 0. The Morgan fingerprint density at radius 2 is 1.73 bits per heavy atom. The zero-order valence-corrected chi connectivity index (χ0v) is 10.4. The van der Waals surface area contributed by atoms with Crippen LogP contribution in [0.1, 0.15) is 58.8 Å². The zero-order valence-electron chi connectivity index (χ0n) is 10.4. The predicted molar refractivity (Wildman–Crippen MR) is 64.9 cm³/mol. The third kappa shape index (κ3) is 3.76. The first-order valence-electron chi connectivity index (χ1n) is 6.60. The number of hydrogen-bond donors (Lipinski definition) is 1. The van der Waals surface area contributed by atoms with Gasteiger partial charge in [-0.25, -0.2) is 0 Å². The van der Waals surface area contributed by atoms with Crippen molar-refractivity contribution >= 4 is 0 Å². The Kier molecular flexibility index (Phi) is 5.62. The Morgan fingerprint density at radius 1 is 1.13 bits per heavy atom. The lowest BCUT2D eigenvalue weighted by Crippen LogP contribution is -2.43. The SMILES string of the molecule is CCC(CC)COC1(CN)CCCCC1. The first-order chi connectivity index (χ1) is 7.26. The summed E-state index contributed by atoms with van der Waals surface area (Å²) in [6.07, 6.45) is 8.72. The summed E-state index contributed by atoms with van der Waals surface area (Å²) >= 11 is 0. The summed E-state index contributed by atoms with van der Waals surface area (Å²) in [5, 5.41) is 0. The van der Waals surface area contributed by atoms with Crippen LogP contribution < -0.4 is 5.73 Å². The normalized spacial score (nSPS) is 20.8. The Morgan fingerprint density at radius 3 is 2.20 bits per heavy atom. The average Bonchev–Trinajstić information content (AvgIpc) is 2.31. The van der Waals surface area contributed by atoms with Crippen LogP contribution in [-0.4, -0.2) is 18.8 Å². The van der Waals surface area contributed by atoms with Gasteiger partial charge in [0.15, 0.2) is 0 Å². The minimum absolute atomic E-state index is 0.0286. The highest BCUT2D eigenvalue weighted by Gasteiger charge is 2.31. The molecule has 0 saturated heterocycles. The van der Waals surface area contributed by atoms with Crippen molar-refractivity contribution in [3.8, 4) is 0 Å². The van der Waals surface area contributed by atoms with Gasteiger partial charge >= 0.3 is 0 Å². The second-order valence-electron chi connectivity index (χ2n) is 4.94. The molecule has 1 aliphatic carbocycles. The fourth-order valence-corrected chi connectivity index (χ4v) is 2.42. The van der Waals surface area contributed by atoms with E-state index >= 15 is 0 Å². The number of ether oxygens (including phenoxy) is 1. The van der Waals surface area contributed by atoms with E-state index in [1.54, 1.807) is 0 Å². The number of rotatable bonds is 6. The molecular formula is C13H27NO. The molecule has 0 atom stereocenters. The summed E-state index contributed by atoms with van der Waals surface area (Å²) in [7, 11) is 0. The second-order valence-corrected chi connectivity index (χ2v) is 4.94. The van der Waals surface area contributed by atoms with E-state index in [9.17, 15) is 0 Å². The van der Waals surface area contributed by atoms with E-state index in [0.717, 1.165) is 12.5 Å². The van der Waals surface area contributed by atoms with E-state index in [-0.39, 0.29) is 5.60 Å². The van der Waals surface area contributed by atoms with Gasteiger partial charge in [-0.15, -0.1) is 0 Å². The molecule has 0 aliphatic heterocycles. The maximum atomic E-state index is 6.14. The molecular weight excluding hydrogens is 186 g/mol. The van der Waals surface area contributed by atoms with Crippen LogP contribution >= 0.6 is 0 Å². The molecule has 0 aromatic heterocycles. The van der Waals surface area contributed by atoms with Crippen molar-refractivity contribution in [3.63, 3.8) is 0 Å². The van der Waals surface area contributed by atoms with Crippen molar-refractivity contribution in [3.05, 3.63) is 0 Å². The van der Waals surface area contributed by atoms with Crippen LogP contribution in [0.15, 0.2) is 0 Å². The Balaban J connectivity index is 2.38. The van der Waals surface area contributed by atoms with Gasteiger partial charge in [0.1, 0.15) is 0 Å². The van der Waals surface area contributed by atoms with Gasteiger partial charge in [0.2, 0.25) is 0 Å². The predicted octanol–water partition coefficient (Wildman–Crippen LogP) is 3.10. The molecule has 0 spiro atoms. The molecule has 1 fully saturated rings. The minimum atomic E-state index is 0.0286. The summed E-state index contributed by atoms with van der Waals surface area (Å²) in [6.45, 7) is 6.10. The maximum absolute atomic E-state index is 6.14. The maximum Gasteiger partial charge on any atom is 0.0804 e. The highest BCUT2D eigenvalue weighted by Crippen LogP contribution is 2.31. The Bertz CT molecular complexity index is 160. The van der Waals surface area contributed by atoms with E-state index < -0.39 is 0 Å². The van der Waals surface area contributed by atoms with E-state index in [0.29, 0.717) is 6.54 Å². The fourth-order valence-electron chi connectivity index (χ4n) is 2.42. The standard InChI is InChI=1S/C13H27NO/c1-3-12(4-2)10-15-13(11-14)8-6-5-7-9-13/h12H,3-11,14H2,1-2H3. The van der Waals surface area contributed by atoms with Gasteiger partial charge in [-0.05, 0) is 18.8 Å². The lowest BCUT2D eigenvalue weighted by Gasteiger charge is -2.37. The molecule has 0 aromatic carbocycles. The molecule has 1 saturated carbocycles. The molecule has 0 heterocycles. The molecule has 90 valence electrons. The summed E-state index contributed by atoms with van der Waals surface area (Å²) in [5.41, 5.74) is 5.91. The van der Waals surface area contributed by atoms with Crippen LogP contribution in [0.5, 0.6) is 0 Å². The summed E-state index contributed by atoms with van der Waals surface area (Å²) in [6, 6.07) is 0. The van der Waals surface area contributed by atoms with Crippen LogP contribution in [0.3, 0.4) is 0 Å². The lowest BCUT2D eigenvalue weighted by atomic mass is 9.84. The third-order valence-corrected chi connectivity index (χ3v) is 3.92. The molecule has 0 aromatic rings. The fraction of sp³-hybridized carbons (Fsp3) is 1.00. The summed E-state index contributed by atoms with van der Waals surface area (Å²) in [5.74, 6) is 0.718. The van der Waals surface area contributed by atoms with Crippen LogP contribution in [0, 0.1) is 5.92 Å². The second kappa shape index (κ2) is 6.49. The van der Waals surface area contributed by atoms with Crippen LogP contribution in [0.2, 0.25) is 0 Å². The van der Waals surface area contributed by atoms with Gasteiger partial charge in [-0.2, -0.15) is 0 Å². The van der Waals surface area contributed by atoms with Crippen molar-refractivity contribution in [2.24, 2.45) is 11.7 Å². The monoisotopic (exact) mass is 213 g/mol. The first kappa shape index (κ1) is 13.0. The van der Waals surface area contributed by atoms with Crippen molar-refractivity contribution in [1.29, 1.82) is 0 Å². The largest absolute Gasteiger partial charge is 0.373 e. The molecule has 15 heavy (non-hydrogen) atoms. The molecule has 1 rings (SSSR count). The smallest absolute Gasteiger partial charge is 0.0804 e. The van der Waals surface area contributed by atoms with E-state index in [4.69, 9.17) is 10.5 Å². The van der Waals surface area contributed by atoms with Gasteiger partial charge in [-0.3, -0.25) is 0 Å². The minimum Gasteiger partial charge on any atom is -0.373 e. The molecule has 0 radical (unpaired) electrons. The van der Waals surface area contributed by atoms with Gasteiger partial charge in [-0.1, -0.05) is 46.0 Å². The lowest BCUT2D eigenvalue weighted by molar-refractivity contribution is -0.0774. The van der Waals surface area contributed by atoms with Crippen molar-refractivity contribution < 1.29 is 4.74 Å². The van der Waals surface area contributed by atoms with Crippen molar-refractivity contribution in [2.45, 2.75) is 64.4 Å². The molecule has 2 N–H and O–H groups in total. The van der Waals surface area contributed by atoms with Gasteiger partial charge in [0.25, 0.3) is 0 Å². The number of nitrogens with two attached hydrogens (primary N) is 1. The topological polar surface area (TPSA) is 35.2 Å². The highest BCUT2D eigenvalue weighted by atomic mass is 16.5. The van der Waals surface area contributed by atoms with Gasteiger partial charge < -0.3 is 10.5 Å². The van der Waals surface area contributed by atoms with E-state index in [1.807, 2.05) is 0 Å². The molecule has 2 heteroatoms. The third-order valence-electron chi connectivity index (χ3n) is 3.92. The molecule has 1 aliphatic rings. The molecule has 0 bridgehead atoms. The van der Waals surface area contributed by atoms with Crippen LogP contribution in [-0.2, 0) is 4.74 Å². The quantitative estimate of drug-likeness (QED) is 0.736. The van der Waals surface area contributed by atoms with E-state index in [1.165, 1.54) is 44.9 Å². The molecule has 0 unspecified atom stereocenters. The Labute approximate surface area is 94.6 Å². The average molecular weight is 213 g/mol. The van der Waals surface area contributed by atoms with Crippen LogP contribution in [0.4, 0.5) is 0 Å². The molecule has 2 nitrogen and oxygen atoms in total. The van der Waals surface area contributed by atoms with Crippen molar-refractivity contribution in [1.82, 2.24) is 0 Å².